The predicted octanol–water partition coefficient (Wildman–Crippen LogP) is 4.62. The molecule has 1 aliphatic rings. The first-order valence-electron chi connectivity index (χ1n) is 8.03. The highest BCUT2D eigenvalue weighted by Crippen LogP contribution is 2.30. The summed E-state index contributed by atoms with van der Waals surface area (Å²) in [7, 11) is 0. The van der Waals surface area contributed by atoms with Gasteiger partial charge in [-0.3, -0.25) is 9.36 Å². The van der Waals surface area contributed by atoms with Crippen molar-refractivity contribution in [2.45, 2.75) is 51.7 Å². The van der Waals surface area contributed by atoms with Gasteiger partial charge in [-0.15, -0.1) is 0 Å². The van der Waals surface area contributed by atoms with Crippen LogP contribution in [-0.2, 0) is 9.53 Å². The van der Waals surface area contributed by atoms with Crippen molar-refractivity contribution in [3.8, 4) is 0 Å². The molecule has 0 spiro atoms. The summed E-state index contributed by atoms with van der Waals surface area (Å²) in [6.07, 6.45) is 4.01. The molecule has 23 heavy (non-hydrogen) atoms. The molecule has 6 heteroatoms. The Hall–Kier alpha value is -1.98. The summed E-state index contributed by atoms with van der Waals surface area (Å²) in [5.41, 5.74) is 0.821. The molecule has 1 heterocycles. The van der Waals surface area contributed by atoms with Gasteiger partial charge in [0, 0.05) is 0 Å². The second kappa shape index (κ2) is 6.64. The van der Waals surface area contributed by atoms with E-state index in [0.29, 0.717) is 11.0 Å². The first kappa shape index (κ1) is 15.9. The molecule has 124 valence electrons. The number of carbonyl (C=O) groups is 1. The maximum Gasteiger partial charge on any atom is 0.320 e. The summed E-state index contributed by atoms with van der Waals surface area (Å²) < 4.78 is 33.1. The molecule has 1 fully saturated rings. The molecular formula is C17H20F2N2O2. The van der Waals surface area contributed by atoms with Gasteiger partial charge in [-0.2, -0.15) is 8.78 Å². The molecule has 0 aliphatic heterocycles. The zero-order valence-electron chi connectivity index (χ0n) is 13.0. The number of imidazole rings is 1. The number of ether oxygens (including phenoxy) is 1. The van der Waals surface area contributed by atoms with Gasteiger partial charge >= 0.3 is 12.5 Å². The van der Waals surface area contributed by atoms with Gasteiger partial charge < -0.3 is 4.74 Å². The maximum absolute atomic E-state index is 13.4. The Bertz CT molecular complexity index is 693. The molecule has 1 unspecified atom stereocenters. The summed E-state index contributed by atoms with van der Waals surface area (Å²) in [5.74, 6) is -0.328. The fraction of sp³-hybridized carbons (Fsp3) is 0.529. The molecule has 0 radical (unpaired) electrons. The van der Waals surface area contributed by atoms with Gasteiger partial charge in [0.25, 0.3) is 0 Å². The number of fused-ring (bicyclic) bond motifs is 1. The van der Waals surface area contributed by atoms with E-state index in [4.69, 9.17) is 4.74 Å². The number of hydrogen-bond donors (Lipinski definition) is 0. The highest BCUT2D eigenvalue weighted by molar-refractivity contribution is 5.76. The monoisotopic (exact) mass is 322 g/mol. The Balaban J connectivity index is 1.84. The van der Waals surface area contributed by atoms with Crippen LogP contribution in [0.3, 0.4) is 0 Å². The van der Waals surface area contributed by atoms with Gasteiger partial charge in [0.2, 0.25) is 0 Å². The maximum atomic E-state index is 13.4. The fourth-order valence-corrected chi connectivity index (χ4v) is 3.22. The van der Waals surface area contributed by atoms with Crippen LogP contribution in [0, 0.1) is 5.92 Å². The van der Waals surface area contributed by atoms with E-state index in [-0.39, 0.29) is 17.7 Å². The number of rotatable bonds is 4. The standard InChI is InChI=1S/C17H20F2N2O2/c1-11(23-16(22)12-7-3-2-4-8-12)15-20-13-9-5-6-10-14(13)21(15)17(18)19/h5-6,9-12,17H,2-4,7-8H2,1H3. The van der Waals surface area contributed by atoms with E-state index >= 15 is 0 Å². The van der Waals surface area contributed by atoms with E-state index in [9.17, 15) is 13.6 Å². The normalized spacial score (nSPS) is 17.6. The predicted molar refractivity (Wildman–Crippen MR) is 82.1 cm³/mol. The zero-order valence-corrected chi connectivity index (χ0v) is 13.0. The second-order valence-corrected chi connectivity index (χ2v) is 6.02. The number of para-hydroxylation sites is 2. The quantitative estimate of drug-likeness (QED) is 0.772. The van der Waals surface area contributed by atoms with Crippen molar-refractivity contribution in [2.75, 3.05) is 0 Å². The third-order valence-corrected chi connectivity index (χ3v) is 4.41. The van der Waals surface area contributed by atoms with Crippen molar-refractivity contribution in [3.63, 3.8) is 0 Å². The summed E-state index contributed by atoms with van der Waals surface area (Å²) >= 11 is 0. The second-order valence-electron chi connectivity index (χ2n) is 6.02. The zero-order chi connectivity index (χ0) is 16.4. The van der Waals surface area contributed by atoms with Crippen molar-refractivity contribution in [3.05, 3.63) is 30.1 Å². The summed E-state index contributed by atoms with van der Waals surface area (Å²) in [6.45, 7) is -1.13. The van der Waals surface area contributed by atoms with Crippen LogP contribution in [-0.4, -0.2) is 15.5 Å². The van der Waals surface area contributed by atoms with Gasteiger partial charge in [0.15, 0.2) is 11.9 Å². The molecule has 1 aromatic carbocycles. The van der Waals surface area contributed by atoms with E-state index in [1.807, 2.05) is 0 Å². The Morgan fingerprint density at radius 1 is 1.26 bits per heavy atom. The van der Waals surface area contributed by atoms with Crippen molar-refractivity contribution in [2.24, 2.45) is 5.92 Å². The molecule has 1 aliphatic carbocycles. The number of alkyl halides is 2. The van der Waals surface area contributed by atoms with E-state index in [1.54, 1.807) is 31.2 Å². The minimum Gasteiger partial charge on any atom is -0.454 e. The first-order chi connectivity index (χ1) is 11.1. The van der Waals surface area contributed by atoms with Crippen LogP contribution in [0.5, 0.6) is 0 Å². The molecule has 1 aromatic heterocycles. The van der Waals surface area contributed by atoms with E-state index in [1.165, 1.54) is 0 Å². The smallest absolute Gasteiger partial charge is 0.320 e. The lowest BCUT2D eigenvalue weighted by Gasteiger charge is -2.22. The van der Waals surface area contributed by atoms with E-state index < -0.39 is 12.7 Å². The largest absolute Gasteiger partial charge is 0.454 e. The van der Waals surface area contributed by atoms with Crippen molar-refractivity contribution in [1.82, 2.24) is 9.55 Å². The number of hydrogen-bond acceptors (Lipinski definition) is 3. The highest BCUT2D eigenvalue weighted by atomic mass is 19.3. The lowest BCUT2D eigenvalue weighted by molar-refractivity contribution is -0.155. The van der Waals surface area contributed by atoms with Gasteiger partial charge in [-0.25, -0.2) is 4.98 Å². The SMILES string of the molecule is CC(OC(=O)C1CCCCC1)c1nc2ccccc2n1C(F)F. The minimum atomic E-state index is -2.73. The number of nitrogens with zero attached hydrogens (tertiary/aromatic N) is 2. The Morgan fingerprint density at radius 3 is 2.65 bits per heavy atom. The van der Waals surface area contributed by atoms with Crippen LogP contribution in [0.25, 0.3) is 11.0 Å². The van der Waals surface area contributed by atoms with E-state index in [0.717, 1.165) is 36.7 Å². The molecule has 2 aromatic rings. The highest BCUT2D eigenvalue weighted by Gasteiger charge is 2.28. The molecule has 0 saturated heterocycles. The summed E-state index contributed by atoms with van der Waals surface area (Å²) in [5, 5.41) is 0. The Labute approximate surface area is 133 Å². The van der Waals surface area contributed by atoms with Crippen LogP contribution in [0.15, 0.2) is 24.3 Å². The summed E-state index contributed by atoms with van der Waals surface area (Å²) in [6, 6.07) is 6.69. The Morgan fingerprint density at radius 2 is 1.96 bits per heavy atom. The molecule has 1 atom stereocenters. The molecule has 0 bridgehead atoms. The summed E-state index contributed by atoms with van der Waals surface area (Å²) in [4.78, 5) is 16.5. The average Bonchev–Trinajstić information content (AvgIpc) is 2.95. The molecule has 3 rings (SSSR count). The van der Waals surface area contributed by atoms with Gasteiger partial charge in [-0.05, 0) is 31.9 Å². The van der Waals surface area contributed by atoms with Gasteiger partial charge in [0.05, 0.1) is 17.0 Å². The molecule has 0 amide bonds. The number of aromatic nitrogens is 2. The third-order valence-electron chi connectivity index (χ3n) is 4.41. The number of benzene rings is 1. The van der Waals surface area contributed by atoms with Crippen molar-refractivity contribution >= 4 is 17.0 Å². The number of carbonyl (C=O) groups excluding carboxylic acids is 1. The first-order valence-corrected chi connectivity index (χ1v) is 8.03. The van der Waals surface area contributed by atoms with Crippen LogP contribution in [0.2, 0.25) is 0 Å². The van der Waals surface area contributed by atoms with Crippen LogP contribution < -0.4 is 0 Å². The van der Waals surface area contributed by atoms with Crippen LogP contribution >= 0.6 is 0 Å². The fourth-order valence-electron chi connectivity index (χ4n) is 3.22. The van der Waals surface area contributed by atoms with Crippen LogP contribution in [0.4, 0.5) is 8.78 Å². The van der Waals surface area contributed by atoms with Crippen LogP contribution in [0.1, 0.15) is 57.5 Å². The minimum absolute atomic E-state index is 0.0883. The van der Waals surface area contributed by atoms with Crippen molar-refractivity contribution in [1.29, 1.82) is 0 Å². The molecule has 1 saturated carbocycles. The lowest BCUT2D eigenvalue weighted by Crippen LogP contribution is -2.23. The Kier molecular flexibility index (Phi) is 4.59. The van der Waals surface area contributed by atoms with Crippen molar-refractivity contribution < 1.29 is 18.3 Å². The topological polar surface area (TPSA) is 44.1 Å². The molecule has 0 N–H and O–H groups in total. The molecule has 4 nitrogen and oxygen atoms in total. The number of halogens is 2. The average molecular weight is 322 g/mol. The van der Waals surface area contributed by atoms with E-state index in [2.05, 4.69) is 4.98 Å². The number of esters is 1. The lowest BCUT2D eigenvalue weighted by atomic mass is 9.89. The van der Waals surface area contributed by atoms with Gasteiger partial charge in [-0.1, -0.05) is 31.4 Å². The van der Waals surface area contributed by atoms with Gasteiger partial charge in [0.1, 0.15) is 0 Å². The molecular weight excluding hydrogens is 302 g/mol. The third kappa shape index (κ3) is 3.21.